The van der Waals surface area contributed by atoms with E-state index in [1.165, 1.54) is 14.2 Å². The second-order valence-electron chi connectivity index (χ2n) is 5.48. The number of fused-ring (bicyclic) bond motifs is 1. The Morgan fingerprint density at radius 2 is 1.92 bits per heavy atom. The molecule has 0 radical (unpaired) electrons. The van der Waals surface area contributed by atoms with E-state index in [0.717, 1.165) is 16.5 Å². The Labute approximate surface area is 150 Å². The van der Waals surface area contributed by atoms with Gasteiger partial charge in [0.25, 0.3) is 5.91 Å². The molecule has 0 fully saturated rings. The van der Waals surface area contributed by atoms with Gasteiger partial charge >= 0.3 is 0 Å². The van der Waals surface area contributed by atoms with E-state index in [1.54, 1.807) is 30.5 Å². The highest BCUT2D eigenvalue weighted by molar-refractivity contribution is 6.10. The second-order valence-corrected chi connectivity index (χ2v) is 5.48. The van der Waals surface area contributed by atoms with Crippen molar-refractivity contribution in [1.82, 2.24) is 4.98 Å². The molecule has 1 heterocycles. The molecular weight excluding hydrogens is 330 g/mol. The van der Waals surface area contributed by atoms with Crippen LogP contribution in [0.5, 0.6) is 11.5 Å². The minimum absolute atomic E-state index is 0.00420. The summed E-state index contributed by atoms with van der Waals surface area (Å²) in [6.45, 7) is 0. The summed E-state index contributed by atoms with van der Waals surface area (Å²) in [5.41, 5.74) is 2.23. The van der Waals surface area contributed by atoms with Crippen molar-refractivity contribution in [3.05, 3.63) is 59.8 Å². The predicted molar refractivity (Wildman–Crippen MR) is 100 cm³/mol. The Hall–Kier alpha value is -3.72. The molecule has 2 N–H and O–H groups in total. The Balaban J connectivity index is 1.87. The number of para-hydroxylation sites is 1. The largest absolute Gasteiger partial charge is 0.493 e. The van der Waals surface area contributed by atoms with Crippen LogP contribution in [0.1, 0.15) is 5.56 Å². The molecule has 0 saturated heterocycles. The van der Waals surface area contributed by atoms with Crippen molar-refractivity contribution in [1.29, 1.82) is 5.26 Å². The fraction of sp³-hybridized carbons (Fsp3) is 0.100. The number of aromatic nitrogens is 1. The first kappa shape index (κ1) is 17.1. The van der Waals surface area contributed by atoms with Gasteiger partial charge in [-0.3, -0.25) is 4.79 Å². The molecule has 6 nitrogen and oxygen atoms in total. The number of benzene rings is 2. The van der Waals surface area contributed by atoms with Crippen LogP contribution in [0.15, 0.2) is 54.2 Å². The van der Waals surface area contributed by atoms with Crippen LogP contribution < -0.4 is 14.8 Å². The van der Waals surface area contributed by atoms with Gasteiger partial charge in [0.05, 0.1) is 14.2 Å². The lowest BCUT2D eigenvalue weighted by Gasteiger charge is -2.10. The number of aromatic amines is 1. The van der Waals surface area contributed by atoms with Crippen molar-refractivity contribution >= 4 is 28.6 Å². The van der Waals surface area contributed by atoms with Gasteiger partial charge in [0.15, 0.2) is 11.5 Å². The Kier molecular flexibility index (Phi) is 4.90. The highest BCUT2D eigenvalue weighted by Gasteiger charge is 2.13. The van der Waals surface area contributed by atoms with Crippen LogP contribution in [0, 0.1) is 11.3 Å². The third-order valence-electron chi connectivity index (χ3n) is 3.93. The van der Waals surface area contributed by atoms with Gasteiger partial charge in [-0.2, -0.15) is 5.26 Å². The number of hydrogen-bond donors (Lipinski definition) is 2. The van der Waals surface area contributed by atoms with Crippen LogP contribution in [0.2, 0.25) is 0 Å². The lowest BCUT2D eigenvalue weighted by Crippen LogP contribution is -2.13. The molecular formula is C20H17N3O3. The fourth-order valence-corrected chi connectivity index (χ4v) is 2.63. The number of hydrogen-bond acceptors (Lipinski definition) is 4. The molecule has 0 aliphatic carbocycles. The van der Waals surface area contributed by atoms with Gasteiger partial charge in [0.2, 0.25) is 0 Å². The van der Waals surface area contributed by atoms with E-state index < -0.39 is 5.91 Å². The van der Waals surface area contributed by atoms with Crippen LogP contribution in [0.4, 0.5) is 5.69 Å². The number of carbonyl (C=O) groups is 1. The highest BCUT2D eigenvalue weighted by Crippen LogP contribution is 2.30. The zero-order chi connectivity index (χ0) is 18.5. The lowest BCUT2D eigenvalue weighted by molar-refractivity contribution is -0.112. The van der Waals surface area contributed by atoms with Crippen LogP contribution >= 0.6 is 0 Å². The first-order chi connectivity index (χ1) is 12.7. The van der Waals surface area contributed by atoms with E-state index >= 15 is 0 Å². The van der Waals surface area contributed by atoms with Crippen molar-refractivity contribution in [2.75, 3.05) is 19.5 Å². The smallest absolute Gasteiger partial charge is 0.266 e. The topological polar surface area (TPSA) is 87.1 Å². The average Bonchev–Trinajstić information content (AvgIpc) is 3.08. The molecule has 1 amide bonds. The van der Waals surface area contributed by atoms with Gasteiger partial charge in [0, 0.05) is 34.4 Å². The SMILES string of the molecule is COc1ccc(NC(=O)C(C#N)=Cc2c[nH]c3ccccc23)cc1OC. The van der Waals surface area contributed by atoms with Crippen molar-refractivity contribution in [3.63, 3.8) is 0 Å². The molecule has 0 unspecified atom stereocenters. The van der Waals surface area contributed by atoms with Gasteiger partial charge < -0.3 is 19.8 Å². The van der Waals surface area contributed by atoms with Crippen LogP contribution in [-0.4, -0.2) is 25.1 Å². The van der Waals surface area contributed by atoms with E-state index in [1.807, 2.05) is 30.3 Å². The lowest BCUT2D eigenvalue weighted by atomic mass is 10.1. The van der Waals surface area contributed by atoms with Crippen LogP contribution in [-0.2, 0) is 4.79 Å². The molecule has 26 heavy (non-hydrogen) atoms. The normalized spacial score (nSPS) is 11.0. The summed E-state index contributed by atoms with van der Waals surface area (Å²) in [5, 5.41) is 13.0. The van der Waals surface area contributed by atoms with E-state index in [2.05, 4.69) is 10.3 Å². The molecule has 0 bridgehead atoms. The standard InChI is InChI=1S/C20H17N3O3/c1-25-18-8-7-15(10-19(18)26-2)23-20(24)13(11-21)9-14-12-22-17-6-4-3-5-16(14)17/h3-10,12,22H,1-2H3,(H,23,24). The number of nitrogens with one attached hydrogen (secondary N) is 2. The van der Waals surface area contributed by atoms with E-state index in [9.17, 15) is 10.1 Å². The van der Waals surface area contributed by atoms with Crippen LogP contribution in [0.25, 0.3) is 17.0 Å². The Morgan fingerprint density at radius 3 is 2.65 bits per heavy atom. The van der Waals surface area contributed by atoms with Gasteiger partial charge in [-0.25, -0.2) is 0 Å². The van der Waals surface area contributed by atoms with Crippen molar-refractivity contribution in [2.24, 2.45) is 0 Å². The minimum atomic E-state index is -0.495. The van der Waals surface area contributed by atoms with Crippen molar-refractivity contribution < 1.29 is 14.3 Å². The molecule has 130 valence electrons. The maximum Gasteiger partial charge on any atom is 0.266 e. The maximum atomic E-state index is 12.5. The quantitative estimate of drug-likeness (QED) is 0.544. The van der Waals surface area contributed by atoms with Gasteiger partial charge in [-0.1, -0.05) is 18.2 Å². The van der Waals surface area contributed by atoms with Crippen molar-refractivity contribution in [3.8, 4) is 17.6 Å². The molecule has 0 aliphatic rings. The number of nitriles is 1. The first-order valence-corrected chi connectivity index (χ1v) is 7.87. The number of rotatable bonds is 5. The highest BCUT2D eigenvalue weighted by atomic mass is 16.5. The molecule has 6 heteroatoms. The molecule has 0 atom stereocenters. The van der Waals surface area contributed by atoms with Crippen LogP contribution in [0.3, 0.4) is 0 Å². The average molecular weight is 347 g/mol. The van der Waals surface area contributed by atoms with E-state index in [0.29, 0.717) is 17.2 Å². The zero-order valence-electron chi connectivity index (χ0n) is 14.4. The number of H-pyrrole nitrogens is 1. The number of amides is 1. The van der Waals surface area contributed by atoms with Crippen molar-refractivity contribution in [2.45, 2.75) is 0 Å². The summed E-state index contributed by atoms with van der Waals surface area (Å²) in [7, 11) is 3.05. The zero-order valence-corrected chi connectivity index (χ0v) is 14.4. The molecule has 0 saturated carbocycles. The Morgan fingerprint density at radius 1 is 1.15 bits per heavy atom. The molecule has 3 aromatic rings. The van der Waals surface area contributed by atoms with Gasteiger partial charge in [-0.05, 0) is 24.3 Å². The summed E-state index contributed by atoms with van der Waals surface area (Å²) in [6, 6.07) is 14.6. The summed E-state index contributed by atoms with van der Waals surface area (Å²) < 4.78 is 10.4. The number of carbonyl (C=O) groups excluding carboxylic acids is 1. The van der Waals surface area contributed by atoms with E-state index in [-0.39, 0.29) is 5.57 Å². The molecule has 2 aromatic carbocycles. The second kappa shape index (κ2) is 7.45. The number of anilines is 1. The summed E-state index contributed by atoms with van der Waals surface area (Å²) in [5.74, 6) is 0.551. The number of methoxy groups -OCH3 is 2. The third-order valence-corrected chi connectivity index (χ3v) is 3.93. The summed E-state index contributed by atoms with van der Waals surface area (Å²) >= 11 is 0. The summed E-state index contributed by atoms with van der Waals surface area (Å²) in [6.07, 6.45) is 3.33. The molecule has 0 aliphatic heterocycles. The minimum Gasteiger partial charge on any atom is -0.493 e. The molecule has 0 spiro atoms. The number of nitrogens with zero attached hydrogens (tertiary/aromatic N) is 1. The van der Waals surface area contributed by atoms with E-state index in [4.69, 9.17) is 9.47 Å². The monoisotopic (exact) mass is 347 g/mol. The molecule has 1 aromatic heterocycles. The summed E-state index contributed by atoms with van der Waals surface area (Å²) in [4.78, 5) is 15.6. The maximum absolute atomic E-state index is 12.5. The first-order valence-electron chi connectivity index (χ1n) is 7.87. The Bertz CT molecular complexity index is 1030. The molecule has 3 rings (SSSR count). The van der Waals surface area contributed by atoms with Gasteiger partial charge in [-0.15, -0.1) is 0 Å². The predicted octanol–water partition coefficient (Wildman–Crippen LogP) is 3.73. The van der Waals surface area contributed by atoms with Gasteiger partial charge in [0.1, 0.15) is 11.6 Å². The third kappa shape index (κ3) is 3.37. The fourth-order valence-electron chi connectivity index (χ4n) is 2.63. The number of ether oxygens (including phenoxy) is 2.